The van der Waals surface area contributed by atoms with Crippen LogP contribution in [0.4, 0.5) is 0 Å². The van der Waals surface area contributed by atoms with Crippen molar-refractivity contribution in [2.45, 2.75) is 40.0 Å². The molecule has 1 fully saturated rings. The molecule has 0 unspecified atom stereocenters. The summed E-state index contributed by atoms with van der Waals surface area (Å²) < 4.78 is 0. The average molecular weight is 381 g/mol. The summed E-state index contributed by atoms with van der Waals surface area (Å²) in [5.41, 5.74) is 2.36. The summed E-state index contributed by atoms with van der Waals surface area (Å²) >= 11 is 0. The SMILES string of the molecule is CC(C)(C)C(=O)N1CCC(Cc2cc(-c3cccc(C(=O)O)c3)ncn2)CC1. The lowest BCUT2D eigenvalue weighted by Gasteiger charge is -2.35. The molecule has 1 aliphatic rings. The Labute approximate surface area is 165 Å². The number of carbonyl (C=O) groups is 2. The van der Waals surface area contributed by atoms with Gasteiger partial charge in [0, 0.05) is 29.8 Å². The molecule has 0 atom stereocenters. The van der Waals surface area contributed by atoms with Crippen molar-refractivity contribution in [3.63, 3.8) is 0 Å². The summed E-state index contributed by atoms with van der Waals surface area (Å²) in [6, 6.07) is 8.72. The highest BCUT2D eigenvalue weighted by atomic mass is 16.4. The Morgan fingerprint density at radius 2 is 1.86 bits per heavy atom. The van der Waals surface area contributed by atoms with Crippen LogP contribution in [0.3, 0.4) is 0 Å². The van der Waals surface area contributed by atoms with Crippen molar-refractivity contribution in [1.29, 1.82) is 0 Å². The Bertz CT molecular complexity index is 865. The molecule has 2 aromatic rings. The third-order valence-electron chi connectivity index (χ3n) is 5.17. The van der Waals surface area contributed by atoms with E-state index in [0.717, 1.165) is 49.3 Å². The molecule has 0 radical (unpaired) electrons. The molecular weight excluding hydrogens is 354 g/mol. The second-order valence-electron chi connectivity index (χ2n) is 8.47. The first kappa shape index (κ1) is 20.0. The highest BCUT2D eigenvalue weighted by Gasteiger charge is 2.30. The molecule has 6 heteroatoms. The van der Waals surface area contributed by atoms with Crippen LogP contribution in [0.1, 0.15) is 49.7 Å². The molecule has 1 aliphatic heterocycles. The molecule has 1 aromatic carbocycles. The van der Waals surface area contributed by atoms with Gasteiger partial charge in [-0.25, -0.2) is 14.8 Å². The second kappa shape index (κ2) is 8.09. The van der Waals surface area contributed by atoms with Gasteiger partial charge in [-0.15, -0.1) is 0 Å². The number of carbonyl (C=O) groups excluding carboxylic acids is 1. The number of aromatic carboxylic acids is 1. The zero-order valence-electron chi connectivity index (χ0n) is 16.7. The van der Waals surface area contributed by atoms with E-state index >= 15 is 0 Å². The Morgan fingerprint density at radius 3 is 2.50 bits per heavy atom. The minimum atomic E-state index is -0.951. The molecule has 28 heavy (non-hydrogen) atoms. The molecule has 0 spiro atoms. The van der Waals surface area contributed by atoms with Gasteiger partial charge in [-0.1, -0.05) is 32.9 Å². The monoisotopic (exact) mass is 381 g/mol. The van der Waals surface area contributed by atoms with Crippen LogP contribution in [0.2, 0.25) is 0 Å². The van der Waals surface area contributed by atoms with Crippen molar-refractivity contribution in [3.05, 3.63) is 47.9 Å². The predicted molar refractivity (Wildman–Crippen MR) is 107 cm³/mol. The molecule has 1 saturated heterocycles. The van der Waals surface area contributed by atoms with Crippen molar-refractivity contribution >= 4 is 11.9 Å². The summed E-state index contributed by atoms with van der Waals surface area (Å²) in [5, 5.41) is 9.18. The number of hydrogen-bond donors (Lipinski definition) is 1. The zero-order chi connectivity index (χ0) is 20.3. The van der Waals surface area contributed by atoms with E-state index in [-0.39, 0.29) is 16.9 Å². The Hall–Kier alpha value is -2.76. The number of hydrogen-bond acceptors (Lipinski definition) is 4. The topological polar surface area (TPSA) is 83.4 Å². The van der Waals surface area contributed by atoms with Crippen molar-refractivity contribution in [3.8, 4) is 11.3 Å². The molecule has 0 aliphatic carbocycles. The van der Waals surface area contributed by atoms with Crippen molar-refractivity contribution in [1.82, 2.24) is 14.9 Å². The number of carboxylic acids is 1. The maximum absolute atomic E-state index is 12.4. The molecular formula is C22H27N3O3. The van der Waals surface area contributed by atoms with Crippen molar-refractivity contribution in [2.24, 2.45) is 11.3 Å². The minimum absolute atomic E-state index is 0.216. The quantitative estimate of drug-likeness (QED) is 0.874. The summed E-state index contributed by atoms with van der Waals surface area (Å²) in [4.78, 5) is 34.3. The van der Waals surface area contributed by atoms with E-state index < -0.39 is 5.97 Å². The average Bonchev–Trinajstić information content (AvgIpc) is 2.67. The maximum Gasteiger partial charge on any atom is 0.335 e. The summed E-state index contributed by atoms with van der Waals surface area (Å²) in [6.07, 6.45) is 4.31. The van der Waals surface area contributed by atoms with Gasteiger partial charge >= 0.3 is 5.97 Å². The van der Waals surface area contributed by atoms with E-state index in [9.17, 15) is 14.7 Å². The smallest absolute Gasteiger partial charge is 0.335 e. The van der Waals surface area contributed by atoms with Gasteiger partial charge in [0.1, 0.15) is 6.33 Å². The van der Waals surface area contributed by atoms with Crippen LogP contribution in [-0.4, -0.2) is 44.9 Å². The van der Waals surface area contributed by atoms with E-state index in [1.54, 1.807) is 18.2 Å². The third-order valence-corrected chi connectivity index (χ3v) is 5.17. The van der Waals surface area contributed by atoms with Crippen molar-refractivity contribution in [2.75, 3.05) is 13.1 Å². The summed E-state index contributed by atoms with van der Waals surface area (Å²) in [5.74, 6) is -0.251. The van der Waals surface area contributed by atoms with E-state index in [1.165, 1.54) is 6.33 Å². The first-order chi connectivity index (χ1) is 13.2. The van der Waals surface area contributed by atoms with Gasteiger partial charge in [-0.3, -0.25) is 4.79 Å². The van der Waals surface area contributed by atoms with Crippen LogP contribution in [-0.2, 0) is 11.2 Å². The fourth-order valence-electron chi connectivity index (χ4n) is 3.59. The first-order valence-electron chi connectivity index (χ1n) is 9.68. The van der Waals surface area contributed by atoms with E-state index in [4.69, 9.17) is 0 Å². The highest BCUT2D eigenvalue weighted by Crippen LogP contribution is 2.26. The first-order valence-corrected chi connectivity index (χ1v) is 9.68. The van der Waals surface area contributed by atoms with Crippen LogP contribution in [0.5, 0.6) is 0 Å². The standard InChI is InChI=1S/C22H27N3O3/c1-22(2,3)21(28)25-9-7-15(8-10-25)11-18-13-19(24-14-23-18)16-5-4-6-17(12-16)20(26)27/h4-6,12-15H,7-11H2,1-3H3,(H,26,27). The lowest BCUT2D eigenvalue weighted by molar-refractivity contribution is -0.140. The zero-order valence-corrected chi connectivity index (χ0v) is 16.7. The van der Waals surface area contributed by atoms with Gasteiger partial charge in [0.2, 0.25) is 5.91 Å². The molecule has 3 rings (SSSR count). The number of rotatable bonds is 4. The number of aromatic nitrogens is 2. The Balaban J connectivity index is 1.65. The second-order valence-corrected chi connectivity index (χ2v) is 8.47. The number of benzene rings is 1. The van der Waals surface area contributed by atoms with Crippen LogP contribution in [0.25, 0.3) is 11.3 Å². The fourth-order valence-corrected chi connectivity index (χ4v) is 3.59. The third kappa shape index (κ3) is 4.74. The van der Waals surface area contributed by atoms with Crippen LogP contribution >= 0.6 is 0 Å². The van der Waals surface area contributed by atoms with Crippen molar-refractivity contribution < 1.29 is 14.7 Å². The Kier molecular flexibility index (Phi) is 5.77. The fraction of sp³-hybridized carbons (Fsp3) is 0.455. The lowest BCUT2D eigenvalue weighted by atomic mass is 9.89. The van der Waals surface area contributed by atoms with E-state index in [0.29, 0.717) is 5.92 Å². The van der Waals surface area contributed by atoms with Gasteiger partial charge in [0.05, 0.1) is 11.3 Å². The maximum atomic E-state index is 12.4. The van der Waals surface area contributed by atoms with Crippen LogP contribution < -0.4 is 0 Å². The van der Waals surface area contributed by atoms with Crippen LogP contribution in [0, 0.1) is 11.3 Å². The molecule has 1 N–H and O–H groups in total. The number of carboxylic acid groups (broad SMARTS) is 1. The molecule has 148 valence electrons. The number of piperidine rings is 1. The van der Waals surface area contributed by atoms with Gasteiger partial charge in [-0.05, 0) is 43.4 Å². The van der Waals surface area contributed by atoms with Crippen LogP contribution in [0.15, 0.2) is 36.7 Å². The molecule has 0 saturated carbocycles. The van der Waals surface area contributed by atoms with Gasteiger partial charge < -0.3 is 10.0 Å². The van der Waals surface area contributed by atoms with E-state index in [2.05, 4.69) is 9.97 Å². The molecule has 6 nitrogen and oxygen atoms in total. The molecule has 1 amide bonds. The summed E-state index contributed by atoms with van der Waals surface area (Å²) in [7, 11) is 0. The largest absolute Gasteiger partial charge is 0.478 e. The normalized spacial score (nSPS) is 15.5. The minimum Gasteiger partial charge on any atom is -0.478 e. The lowest BCUT2D eigenvalue weighted by Crippen LogP contribution is -2.44. The van der Waals surface area contributed by atoms with E-state index in [1.807, 2.05) is 37.8 Å². The van der Waals surface area contributed by atoms with Gasteiger partial charge in [-0.2, -0.15) is 0 Å². The summed E-state index contributed by atoms with van der Waals surface area (Å²) in [6.45, 7) is 7.47. The van der Waals surface area contributed by atoms with Gasteiger partial charge in [0.25, 0.3) is 0 Å². The Morgan fingerprint density at radius 1 is 1.14 bits per heavy atom. The number of amides is 1. The number of nitrogens with zero attached hydrogens (tertiary/aromatic N) is 3. The molecule has 1 aromatic heterocycles. The molecule has 2 heterocycles. The molecule has 0 bridgehead atoms. The highest BCUT2D eigenvalue weighted by molar-refractivity contribution is 5.89. The number of likely N-dealkylation sites (tertiary alicyclic amines) is 1. The predicted octanol–water partition coefficient (Wildman–Crippen LogP) is 3.67. The van der Waals surface area contributed by atoms with Gasteiger partial charge in [0.15, 0.2) is 0 Å².